The highest BCUT2D eigenvalue weighted by Crippen LogP contribution is 2.30. The highest BCUT2D eigenvalue weighted by atomic mass is 35.5. The van der Waals surface area contributed by atoms with Gasteiger partial charge in [-0.15, -0.1) is 0 Å². The molecule has 0 radical (unpaired) electrons. The summed E-state index contributed by atoms with van der Waals surface area (Å²) in [6.07, 6.45) is 3.70. The maximum absolute atomic E-state index is 12.0. The Morgan fingerprint density at radius 1 is 1.04 bits per heavy atom. The van der Waals surface area contributed by atoms with Gasteiger partial charge in [0, 0.05) is 23.1 Å². The second-order valence-electron chi connectivity index (χ2n) is 5.63. The third-order valence-electron chi connectivity index (χ3n) is 3.70. The smallest absolute Gasteiger partial charge is 0.331 e. The van der Waals surface area contributed by atoms with Crippen LogP contribution in [0.3, 0.4) is 0 Å². The molecule has 3 rings (SSSR count). The lowest BCUT2D eigenvalue weighted by molar-refractivity contribution is -0.136. The minimum Gasteiger partial charge on any atom is -0.490 e. The summed E-state index contributed by atoms with van der Waals surface area (Å²) in [6.45, 7) is 0.886. The van der Waals surface area contributed by atoms with Crippen LogP contribution in [0.15, 0.2) is 48.5 Å². The fourth-order valence-electron chi connectivity index (χ4n) is 2.35. The number of ketones is 1. The Morgan fingerprint density at radius 3 is 2.54 bits per heavy atom. The molecule has 26 heavy (non-hydrogen) atoms. The third-order valence-corrected chi connectivity index (χ3v) is 3.95. The molecule has 0 aromatic heterocycles. The molecule has 0 amide bonds. The Morgan fingerprint density at radius 2 is 1.77 bits per heavy atom. The van der Waals surface area contributed by atoms with Crippen LogP contribution >= 0.6 is 11.6 Å². The zero-order valence-corrected chi connectivity index (χ0v) is 14.7. The molecule has 0 atom stereocenters. The van der Waals surface area contributed by atoms with E-state index in [1.807, 2.05) is 6.07 Å². The molecule has 0 spiro atoms. The molecule has 134 valence electrons. The van der Waals surface area contributed by atoms with Crippen molar-refractivity contribution < 1.29 is 23.8 Å². The van der Waals surface area contributed by atoms with E-state index in [0.717, 1.165) is 12.0 Å². The van der Waals surface area contributed by atoms with Gasteiger partial charge in [0.15, 0.2) is 23.9 Å². The van der Waals surface area contributed by atoms with E-state index in [1.54, 1.807) is 42.5 Å². The van der Waals surface area contributed by atoms with Crippen LogP contribution in [0.1, 0.15) is 22.3 Å². The predicted molar refractivity (Wildman–Crippen MR) is 97.8 cm³/mol. The number of ether oxygens (including phenoxy) is 3. The maximum atomic E-state index is 12.0. The normalized spacial score (nSPS) is 13.3. The first-order valence-corrected chi connectivity index (χ1v) is 8.53. The van der Waals surface area contributed by atoms with Crippen molar-refractivity contribution in [2.75, 3.05) is 19.8 Å². The fourth-order valence-corrected chi connectivity index (χ4v) is 2.48. The molecule has 1 heterocycles. The maximum Gasteiger partial charge on any atom is 0.331 e. The monoisotopic (exact) mass is 372 g/mol. The summed E-state index contributed by atoms with van der Waals surface area (Å²) in [4.78, 5) is 23.8. The molecule has 1 aliphatic heterocycles. The van der Waals surface area contributed by atoms with Crippen LogP contribution < -0.4 is 9.47 Å². The lowest BCUT2D eigenvalue weighted by Gasteiger charge is -2.07. The van der Waals surface area contributed by atoms with Gasteiger partial charge in [-0.25, -0.2) is 4.79 Å². The molecule has 0 saturated carbocycles. The molecule has 0 saturated heterocycles. The molecular formula is C20H17ClO5. The number of carbonyl (C=O) groups excluding carboxylic acids is 2. The molecular weight excluding hydrogens is 356 g/mol. The first-order valence-electron chi connectivity index (χ1n) is 8.15. The Balaban J connectivity index is 1.55. The minimum atomic E-state index is -0.598. The molecule has 0 N–H and O–H groups in total. The van der Waals surface area contributed by atoms with E-state index < -0.39 is 5.97 Å². The number of fused-ring (bicyclic) bond motifs is 1. The number of esters is 1. The molecule has 0 bridgehead atoms. The van der Waals surface area contributed by atoms with E-state index in [9.17, 15) is 9.59 Å². The molecule has 1 aliphatic rings. The predicted octanol–water partition coefficient (Wildman–Crippen LogP) is 3.94. The molecule has 2 aromatic carbocycles. The van der Waals surface area contributed by atoms with Gasteiger partial charge in [-0.3, -0.25) is 4.79 Å². The van der Waals surface area contributed by atoms with Crippen LogP contribution in [0.25, 0.3) is 6.08 Å². The summed E-state index contributed by atoms with van der Waals surface area (Å²) in [7, 11) is 0. The first kappa shape index (κ1) is 18.0. The Kier molecular flexibility index (Phi) is 5.92. The van der Waals surface area contributed by atoms with E-state index in [4.69, 9.17) is 25.8 Å². The largest absolute Gasteiger partial charge is 0.490 e. The van der Waals surface area contributed by atoms with E-state index in [0.29, 0.717) is 35.3 Å². The molecule has 6 heteroatoms. The van der Waals surface area contributed by atoms with E-state index in [1.165, 1.54) is 6.08 Å². The summed E-state index contributed by atoms with van der Waals surface area (Å²) in [5.74, 6) is 0.449. The van der Waals surface area contributed by atoms with Crippen molar-refractivity contribution in [3.63, 3.8) is 0 Å². The van der Waals surface area contributed by atoms with Gasteiger partial charge in [0.25, 0.3) is 0 Å². The van der Waals surface area contributed by atoms with Crippen LogP contribution in [0.5, 0.6) is 11.5 Å². The van der Waals surface area contributed by atoms with Gasteiger partial charge in [-0.1, -0.05) is 17.7 Å². The number of rotatable bonds is 5. The summed E-state index contributed by atoms with van der Waals surface area (Å²) >= 11 is 5.77. The molecule has 0 unspecified atom stereocenters. The first-order chi connectivity index (χ1) is 12.6. The second-order valence-corrected chi connectivity index (χ2v) is 6.06. The Bertz CT molecular complexity index is 827. The van der Waals surface area contributed by atoms with Crippen LogP contribution in [-0.4, -0.2) is 31.6 Å². The van der Waals surface area contributed by atoms with Crippen molar-refractivity contribution in [3.8, 4) is 11.5 Å². The number of benzene rings is 2. The van der Waals surface area contributed by atoms with Crippen molar-refractivity contribution >= 4 is 29.4 Å². The van der Waals surface area contributed by atoms with Gasteiger partial charge in [0.1, 0.15) is 0 Å². The summed E-state index contributed by atoms with van der Waals surface area (Å²) < 4.78 is 16.1. The topological polar surface area (TPSA) is 61.8 Å². The minimum absolute atomic E-state index is 0.293. The van der Waals surface area contributed by atoms with Crippen molar-refractivity contribution in [2.45, 2.75) is 6.42 Å². The standard InChI is InChI=1S/C20H17ClO5/c21-16-6-4-15(5-7-16)17(22)13-26-20(23)9-3-14-2-8-18-19(12-14)25-11-1-10-24-18/h2-9,12H,1,10-11,13H2/b9-3+. The lowest BCUT2D eigenvalue weighted by Crippen LogP contribution is -2.12. The van der Waals surface area contributed by atoms with Crippen molar-refractivity contribution in [1.29, 1.82) is 0 Å². The van der Waals surface area contributed by atoms with E-state index in [-0.39, 0.29) is 12.4 Å². The number of halogens is 1. The summed E-state index contributed by atoms with van der Waals surface area (Å²) in [6, 6.07) is 11.8. The highest BCUT2D eigenvalue weighted by Gasteiger charge is 2.11. The summed E-state index contributed by atoms with van der Waals surface area (Å²) in [5.41, 5.74) is 1.21. The zero-order valence-electron chi connectivity index (χ0n) is 13.9. The van der Waals surface area contributed by atoms with Gasteiger partial charge in [-0.05, 0) is 48.0 Å². The fraction of sp³-hybridized carbons (Fsp3) is 0.200. The van der Waals surface area contributed by atoms with Crippen molar-refractivity contribution in [2.24, 2.45) is 0 Å². The molecule has 0 fully saturated rings. The average Bonchev–Trinajstić information content (AvgIpc) is 2.90. The number of hydrogen-bond acceptors (Lipinski definition) is 5. The summed E-state index contributed by atoms with van der Waals surface area (Å²) in [5, 5.41) is 0.539. The molecule has 2 aromatic rings. The quantitative estimate of drug-likeness (QED) is 0.452. The molecule has 0 aliphatic carbocycles. The zero-order chi connectivity index (χ0) is 18.4. The van der Waals surface area contributed by atoms with Crippen molar-refractivity contribution in [1.82, 2.24) is 0 Å². The third kappa shape index (κ3) is 4.86. The Hall–Kier alpha value is -2.79. The average molecular weight is 373 g/mol. The van der Waals surface area contributed by atoms with Gasteiger partial charge < -0.3 is 14.2 Å². The van der Waals surface area contributed by atoms with Gasteiger partial charge in [0.05, 0.1) is 13.2 Å². The van der Waals surface area contributed by atoms with Gasteiger partial charge >= 0.3 is 5.97 Å². The van der Waals surface area contributed by atoms with Crippen LogP contribution in [0.2, 0.25) is 5.02 Å². The molecule has 5 nitrogen and oxygen atoms in total. The number of carbonyl (C=O) groups is 2. The van der Waals surface area contributed by atoms with Gasteiger partial charge in [-0.2, -0.15) is 0 Å². The SMILES string of the molecule is O=C(/C=C/c1ccc2c(c1)OCCCO2)OCC(=O)c1ccc(Cl)cc1. The number of Topliss-reactive ketones (excluding diaryl/α,β-unsaturated/α-hetero) is 1. The highest BCUT2D eigenvalue weighted by molar-refractivity contribution is 6.30. The van der Waals surface area contributed by atoms with E-state index >= 15 is 0 Å². The Labute approximate surface area is 156 Å². The van der Waals surface area contributed by atoms with Gasteiger partial charge in [0.2, 0.25) is 0 Å². The van der Waals surface area contributed by atoms with Crippen LogP contribution in [0, 0.1) is 0 Å². The second kappa shape index (κ2) is 8.54. The van der Waals surface area contributed by atoms with Crippen LogP contribution in [-0.2, 0) is 9.53 Å². The number of hydrogen-bond donors (Lipinski definition) is 0. The van der Waals surface area contributed by atoms with E-state index in [2.05, 4.69) is 0 Å². The van der Waals surface area contributed by atoms with Crippen LogP contribution in [0.4, 0.5) is 0 Å². The van der Waals surface area contributed by atoms with Crippen molar-refractivity contribution in [3.05, 3.63) is 64.7 Å². The lowest BCUT2D eigenvalue weighted by atomic mass is 10.1.